The highest BCUT2D eigenvalue weighted by Gasteiger charge is 2.39. The summed E-state index contributed by atoms with van der Waals surface area (Å²) in [5.74, 6) is 0.567. The Hall–Kier alpha value is -0.650. The predicted octanol–water partition coefficient (Wildman–Crippen LogP) is 1.12. The van der Waals surface area contributed by atoms with Crippen LogP contribution in [0.5, 0.6) is 0 Å². The SMILES string of the molecule is CC1CCCC(N)(C(=O)NCC(C)(C)N2CCOCC2)C1. The molecule has 2 unspecified atom stereocenters. The topological polar surface area (TPSA) is 67.6 Å². The van der Waals surface area contributed by atoms with Gasteiger partial charge in [-0.3, -0.25) is 9.69 Å². The summed E-state index contributed by atoms with van der Waals surface area (Å²) < 4.78 is 5.39. The number of amides is 1. The van der Waals surface area contributed by atoms with Crippen LogP contribution in [0.1, 0.15) is 46.5 Å². The van der Waals surface area contributed by atoms with Gasteiger partial charge in [0, 0.05) is 25.2 Å². The van der Waals surface area contributed by atoms with Crippen LogP contribution in [0.25, 0.3) is 0 Å². The summed E-state index contributed by atoms with van der Waals surface area (Å²) >= 11 is 0. The third kappa shape index (κ3) is 4.18. The quantitative estimate of drug-likeness (QED) is 0.816. The van der Waals surface area contributed by atoms with E-state index in [0.29, 0.717) is 12.5 Å². The van der Waals surface area contributed by atoms with Crippen molar-refractivity contribution in [1.29, 1.82) is 0 Å². The number of nitrogens with one attached hydrogen (secondary N) is 1. The van der Waals surface area contributed by atoms with Gasteiger partial charge < -0.3 is 15.8 Å². The van der Waals surface area contributed by atoms with Crippen LogP contribution >= 0.6 is 0 Å². The summed E-state index contributed by atoms with van der Waals surface area (Å²) in [5, 5.41) is 3.10. The van der Waals surface area contributed by atoms with Gasteiger partial charge in [-0.2, -0.15) is 0 Å². The van der Waals surface area contributed by atoms with E-state index in [1.807, 2.05) is 0 Å². The Morgan fingerprint density at radius 2 is 2.10 bits per heavy atom. The van der Waals surface area contributed by atoms with E-state index in [4.69, 9.17) is 10.5 Å². The molecule has 0 aromatic rings. The zero-order valence-electron chi connectivity index (χ0n) is 13.8. The zero-order chi connectivity index (χ0) is 15.5. The Kier molecular flexibility index (Phi) is 5.28. The van der Waals surface area contributed by atoms with Crippen molar-refractivity contribution in [3.8, 4) is 0 Å². The molecule has 2 atom stereocenters. The molecule has 122 valence electrons. The van der Waals surface area contributed by atoms with E-state index in [-0.39, 0.29) is 11.4 Å². The molecule has 3 N–H and O–H groups in total. The lowest BCUT2D eigenvalue weighted by Crippen LogP contribution is -2.61. The third-order valence-electron chi connectivity index (χ3n) is 5.03. The van der Waals surface area contributed by atoms with E-state index in [2.05, 4.69) is 31.0 Å². The molecular formula is C16H31N3O2. The molecule has 5 heteroatoms. The maximum absolute atomic E-state index is 12.5. The van der Waals surface area contributed by atoms with Crippen molar-refractivity contribution in [2.75, 3.05) is 32.8 Å². The Morgan fingerprint density at radius 3 is 2.71 bits per heavy atom. The van der Waals surface area contributed by atoms with Gasteiger partial charge in [-0.1, -0.05) is 19.8 Å². The number of morpholine rings is 1. The molecule has 2 fully saturated rings. The van der Waals surface area contributed by atoms with E-state index >= 15 is 0 Å². The largest absolute Gasteiger partial charge is 0.379 e. The Balaban J connectivity index is 1.87. The van der Waals surface area contributed by atoms with Crippen molar-refractivity contribution in [3.05, 3.63) is 0 Å². The van der Waals surface area contributed by atoms with Gasteiger partial charge >= 0.3 is 0 Å². The number of hydrogen-bond acceptors (Lipinski definition) is 4. The average Bonchev–Trinajstić information content (AvgIpc) is 2.45. The second-order valence-electron chi connectivity index (χ2n) is 7.45. The number of hydrogen-bond donors (Lipinski definition) is 2. The molecule has 0 radical (unpaired) electrons. The molecule has 1 aliphatic carbocycles. The Morgan fingerprint density at radius 1 is 1.43 bits per heavy atom. The van der Waals surface area contributed by atoms with E-state index in [1.165, 1.54) is 6.42 Å². The van der Waals surface area contributed by atoms with Gasteiger partial charge in [0.25, 0.3) is 0 Å². The summed E-state index contributed by atoms with van der Waals surface area (Å²) in [4.78, 5) is 14.9. The lowest BCUT2D eigenvalue weighted by Gasteiger charge is -2.42. The molecule has 2 aliphatic rings. The second-order valence-corrected chi connectivity index (χ2v) is 7.45. The molecule has 1 saturated carbocycles. The number of carbonyl (C=O) groups excluding carboxylic acids is 1. The van der Waals surface area contributed by atoms with Gasteiger partial charge in [-0.05, 0) is 32.6 Å². The maximum atomic E-state index is 12.5. The minimum absolute atomic E-state index is 0.0235. The highest BCUT2D eigenvalue weighted by atomic mass is 16.5. The summed E-state index contributed by atoms with van der Waals surface area (Å²) in [6.07, 6.45) is 3.85. The van der Waals surface area contributed by atoms with Crippen LogP contribution in [0.4, 0.5) is 0 Å². The smallest absolute Gasteiger partial charge is 0.240 e. The fourth-order valence-electron chi connectivity index (χ4n) is 3.55. The number of ether oxygens (including phenoxy) is 1. The molecule has 1 amide bonds. The van der Waals surface area contributed by atoms with Crippen molar-refractivity contribution >= 4 is 5.91 Å². The molecule has 1 saturated heterocycles. The van der Waals surface area contributed by atoms with Crippen LogP contribution in [-0.2, 0) is 9.53 Å². The van der Waals surface area contributed by atoms with Crippen molar-refractivity contribution < 1.29 is 9.53 Å². The average molecular weight is 297 g/mol. The molecule has 0 aromatic heterocycles. The van der Waals surface area contributed by atoms with E-state index in [9.17, 15) is 4.79 Å². The fraction of sp³-hybridized carbons (Fsp3) is 0.938. The molecule has 1 heterocycles. The lowest BCUT2D eigenvalue weighted by atomic mass is 9.76. The number of nitrogens with two attached hydrogens (primary N) is 1. The zero-order valence-corrected chi connectivity index (χ0v) is 13.8. The normalized spacial score (nSPS) is 31.9. The van der Waals surface area contributed by atoms with E-state index < -0.39 is 5.54 Å². The van der Waals surface area contributed by atoms with E-state index in [1.54, 1.807) is 0 Å². The number of nitrogens with zero attached hydrogens (tertiary/aromatic N) is 1. The first-order valence-corrected chi connectivity index (χ1v) is 8.23. The van der Waals surface area contributed by atoms with Gasteiger partial charge in [-0.25, -0.2) is 0 Å². The lowest BCUT2D eigenvalue weighted by molar-refractivity contribution is -0.128. The molecule has 21 heavy (non-hydrogen) atoms. The van der Waals surface area contributed by atoms with Crippen LogP contribution in [0, 0.1) is 5.92 Å². The minimum atomic E-state index is -0.668. The Bertz CT molecular complexity index is 367. The van der Waals surface area contributed by atoms with Crippen LogP contribution < -0.4 is 11.1 Å². The van der Waals surface area contributed by atoms with Gasteiger partial charge in [0.1, 0.15) is 0 Å². The van der Waals surface area contributed by atoms with Gasteiger partial charge in [0.15, 0.2) is 0 Å². The van der Waals surface area contributed by atoms with Crippen LogP contribution in [0.2, 0.25) is 0 Å². The highest BCUT2D eigenvalue weighted by molar-refractivity contribution is 5.86. The number of carbonyl (C=O) groups is 1. The number of rotatable bonds is 4. The minimum Gasteiger partial charge on any atom is -0.379 e. The first kappa shape index (κ1) is 16.7. The van der Waals surface area contributed by atoms with Crippen LogP contribution in [0.15, 0.2) is 0 Å². The van der Waals surface area contributed by atoms with Crippen molar-refractivity contribution in [2.45, 2.75) is 57.5 Å². The second kappa shape index (κ2) is 6.63. The molecule has 0 aromatic carbocycles. The van der Waals surface area contributed by atoms with E-state index in [0.717, 1.165) is 45.6 Å². The standard InChI is InChI=1S/C16H31N3O2/c1-13-5-4-6-16(17,11-13)14(20)18-12-15(2,3)19-7-9-21-10-8-19/h13H,4-12,17H2,1-3H3,(H,18,20). The highest BCUT2D eigenvalue weighted by Crippen LogP contribution is 2.30. The maximum Gasteiger partial charge on any atom is 0.240 e. The summed E-state index contributed by atoms with van der Waals surface area (Å²) in [6.45, 7) is 10.6. The van der Waals surface area contributed by atoms with Crippen molar-refractivity contribution in [3.63, 3.8) is 0 Å². The van der Waals surface area contributed by atoms with Crippen molar-refractivity contribution in [2.24, 2.45) is 11.7 Å². The molecular weight excluding hydrogens is 266 g/mol. The molecule has 5 nitrogen and oxygen atoms in total. The first-order chi connectivity index (χ1) is 9.83. The summed E-state index contributed by atoms with van der Waals surface area (Å²) in [5.41, 5.74) is 5.63. The third-order valence-corrected chi connectivity index (χ3v) is 5.03. The fourth-order valence-corrected chi connectivity index (χ4v) is 3.55. The monoisotopic (exact) mass is 297 g/mol. The molecule has 2 rings (SSSR count). The first-order valence-electron chi connectivity index (χ1n) is 8.23. The van der Waals surface area contributed by atoms with Crippen LogP contribution in [-0.4, -0.2) is 54.7 Å². The molecule has 1 aliphatic heterocycles. The van der Waals surface area contributed by atoms with Gasteiger partial charge in [0.05, 0.1) is 18.8 Å². The summed E-state index contributed by atoms with van der Waals surface area (Å²) in [7, 11) is 0. The van der Waals surface area contributed by atoms with Crippen molar-refractivity contribution in [1.82, 2.24) is 10.2 Å². The Labute approximate surface area is 128 Å². The van der Waals surface area contributed by atoms with Crippen LogP contribution in [0.3, 0.4) is 0 Å². The van der Waals surface area contributed by atoms with Gasteiger partial charge in [-0.15, -0.1) is 0 Å². The summed E-state index contributed by atoms with van der Waals surface area (Å²) in [6, 6.07) is 0. The van der Waals surface area contributed by atoms with Gasteiger partial charge in [0.2, 0.25) is 5.91 Å². The predicted molar refractivity (Wildman–Crippen MR) is 84.0 cm³/mol. The molecule has 0 spiro atoms. The molecule has 0 bridgehead atoms.